The first-order chi connectivity index (χ1) is 10.6. The molecule has 3 rings (SSSR count). The van der Waals surface area contributed by atoms with Crippen LogP contribution in [0.25, 0.3) is 0 Å². The zero-order chi connectivity index (χ0) is 15.5. The average molecular weight is 322 g/mol. The van der Waals surface area contributed by atoms with Crippen molar-refractivity contribution >= 4 is 30.0 Å². The number of fused-ring (bicyclic) bond motifs is 1. The number of likely N-dealkylation sites (tertiary alicyclic amines) is 1. The number of Topliss-reactive ketones (excluding diaryl/α,β-unsaturated/α-hetero) is 1. The van der Waals surface area contributed by atoms with Crippen molar-refractivity contribution < 1.29 is 14.5 Å². The van der Waals surface area contributed by atoms with Gasteiger partial charge < -0.3 is 14.6 Å². The molecule has 0 aliphatic carbocycles. The van der Waals surface area contributed by atoms with Crippen LogP contribution < -0.4 is 5.46 Å². The van der Waals surface area contributed by atoms with Crippen molar-refractivity contribution in [3.8, 4) is 0 Å². The number of unbranched alkanes of at least 4 members (excludes halogenated alkanes) is 1. The summed E-state index contributed by atoms with van der Waals surface area (Å²) in [5.41, 5.74) is 2.04. The fourth-order valence-electron chi connectivity index (χ4n) is 3.22. The van der Waals surface area contributed by atoms with Crippen molar-refractivity contribution in [2.75, 3.05) is 19.6 Å². The van der Waals surface area contributed by atoms with Crippen molar-refractivity contribution in [3.05, 3.63) is 28.3 Å². The minimum atomic E-state index is -0.936. The Morgan fingerprint density at radius 3 is 2.86 bits per heavy atom. The number of nitrogens with zero attached hydrogens (tertiary/aromatic N) is 1. The fourth-order valence-corrected chi connectivity index (χ4v) is 3.51. The summed E-state index contributed by atoms with van der Waals surface area (Å²) in [6.07, 6.45) is 5.02. The van der Waals surface area contributed by atoms with E-state index in [1.54, 1.807) is 12.1 Å². The SMILES string of the molecule is O=C(CCCCN1CCCC1)c1cc2c(cc1Cl)COB2O. The molecule has 2 heterocycles. The Labute approximate surface area is 136 Å². The van der Waals surface area contributed by atoms with Crippen LogP contribution >= 0.6 is 11.6 Å². The van der Waals surface area contributed by atoms with Crippen LogP contribution in [-0.2, 0) is 11.3 Å². The van der Waals surface area contributed by atoms with E-state index in [4.69, 9.17) is 16.3 Å². The number of benzene rings is 1. The summed E-state index contributed by atoms with van der Waals surface area (Å²) in [7, 11) is -0.936. The summed E-state index contributed by atoms with van der Waals surface area (Å²) in [6.45, 7) is 3.82. The molecule has 0 amide bonds. The van der Waals surface area contributed by atoms with Crippen LogP contribution in [0, 0.1) is 0 Å². The second kappa shape index (κ2) is 7.13. The number of hydrogen-bond acceptors (Lipinski definition) is 4. The summed E-state index contributed by atoms with van der Waals surface area (Å²) in [6, 6.07) is 3.43. The number of carbonyl (C=O) groups excluding carboxylic acids is 1. The van der Waals surface area contributed by atoms with Crippen LogP contribution in [0.1, 0.15) is 48.0 Å². The zero-order valence-corrected chi connectivity index (χ0v) is 13.4. The molecule has 0 aromatic heterocycles. The largest absolute Gasteiger partial charge is 0.491 e. The molecular weight excluding hydrogens is 300 g/mol. The van der Waals surface area contributed by atoms with Crippen LogP contribution in [0.2, 0.25) is 5.02 Å². The van der Waals surface area contributed by atoms with Crippen LogP contribution in [-0.4, -0.2) is 42.5 Å². The minimum absolute atomic E-state index is 0.0494. The van der Waals surface area contributed by atoms with Gasteiger partial charge in [-0.1, -0.05) is 11.6 Å². The van der Waals surface area contributed by atoms with Gasteiger partial charge in [0.1, 0.15) is 0 Å². The Morgan fingerprint density at radius 2 is 2.09 bits per heavy atom. The Balaban J connectivity index is 1.54. The molecule has 1 aromatic carbocycles. The predicted molar refractivity (Wildman–Crippen MR) is 87.7 cm³/mol. The van der Waals surface area contributed by atoms with Crippen LogP contribution in [0.15, 0.2) is 12.1 Å². The van der Waals surface area contributed by atoms with Gasteiger partial charge in [0.2, 0.25) is 0 Å². The topological polar surface area (TPSA) is 49.8 Å². The molecule has 4 nitrogen and oxygen atoms in total. The van der Waals surface area contributed by atoms with E-state index in [9.17, 15) is 9.82 Å². The molecule has 0 unspecified atom stereocenters. The molecule has 1 fully saturated rings. The number of ketones is 1. The Kier molecular flexibility index (Phi) is 5.19. The Bertz CT molecular complexity index is 561. The second-order valence-electron chi connectivity index (χ2n) is 6.12. The number of carbonyl (C=O) groups is 1. The van der Waals surface area contributed by atoms with Crippen molar-refractivity contribution in [3.63, 3.8) is 0 Å². The molecular formula is C16H21BClNO3. The van der Waals surface area contributed by atoms with E-state index in [1.807, 2.05) is 0 Å². The van der Waals surface area contributed by atoms with Crippen molar-refractivity contribution in [2.24, 2.45) is 0 Å². The van der Waals surface area contributed by atoms with Gasteiger partial charge in [0, 0.05) is 12.0 Å². The van der Waals surface area contributed by atoms with E-state index in [0.717, 1.165) is 24.9 Å². The number of hydrogen-bond donors (Lipinski definition) is 1. The van der Waals surface area contributed by atoms with Gasteiger partial charge in [-0.15, -0.1) is 0 Å². The van der Waals surface area contributed by atoms with E-state index in [2.05, 4.69) is 4.90 Å². The molecule has 0 spiro atoms. The first kappa shape index (κ1) is 16.0. The molecule has 118 valence electrons. The molecule has 2 aliphatic rings. The van der Waals surface area contributed by atoms with E-state index in [-0.39, 0.29) is 5.78 Å². The first-order valence-electron chi connectivity index (χ1n) is 8.02. The Hall–Kier alpha value is -0.875. The van der Waals surface area contributed by atoms with Gasteiger partial charge in [-0.3, -0.25) is 4.79 Å². The lowest BCUT2D eigenvalue weighted by Crippen LogP contribution is -2.29. The maximum atomic E-state index is 12.3. The van der Waals surface area contributed by atoms with Crippen molar-refractivity contribution in [2.45, 2.75) is 38.7 Å². The maximum absolute atomic E-state index is 12.3. The highest BCUT2D eigenvalue weighted by atomic mass is 35.5. The quantitative estimate of drug-likeness (QED) is 0.495. The third-order valence-electron chi connectivity index (χ3n) is 4.52. The summed E-state index contributed by atoms with van der Waals surface area (Å²) in [5.74, 6) is 0.0494. The van der Waals surface area contributed by atoms with Crippen LogP contribution in [0.4, 0.5) is 0 Å². The standard InChI is InChI=1S/C16H21BClNO3/c18-15-9-12-11-22-17(21)14(12)10-13(15)16(20)5-1-2-6-19-7-3-4-8-19/h9-10,21H,1-8,11H2. The van der Waals surface area contributed by atoms with Gasteiger partial charge in [-0.25, -0.2) is 0 Å². The van der Waals surface area contributed by atoms with Gasteiger partial charge in [0.15, 0.2) is 5.78 Å². The van der Waals surface area contributed by atoms with E-state index in [1.165, 1.54) is 25.9 Å². The lowest BCUT2D eigenvalue weighted by atomic mass is 9.78. The van der Waals surface area contributed by atoms with Gasteiger partial charge in [0.25, 0.3) is 0 Å². The van der Waals surface area contributed by atoms with Gasteiger partial charge in [0.05, 0.1) is 11.6 Å². The van der Waals surface area contributed by atoms with E-state index < -0.39 is 7.12 Å². The molecule has 0 bridgehead atoms. The number of rotatable bonds is 6. The molecule has 0 radical (unpaired) electrons. The number of halogens is 1. The van der Waals surface area contributed by atoms with Gasteiger partial charge >= 0.3 is 7.12 Å². The monoisotopic (exact) mass is 321 g/mol. The van der Waals surface area contributed by atoms with Crippen molar-refractivity contribution in [1.29, 1.82) is 0 Å². The molecule has 22 heavy (non-hydrogen) atoms. The fraction of sp³-hybridized carbons (Fsp3) is 0.562. The van der Waals surface area contributed by atoms with E-state index >= 15 is 0 Å². The highest BCUT2D eigenvalue weighted by Crippen LogP contribution is 2.22. The average Bonchev–Trinajstić information content (AvgIpc) is 3.13. The van der Waals surface area contributed by atoms with Gasteiger partial charge in [-0.2, -0.15) is 0 Å². The van der Waals surface area contributed by atoms with Crippen molar-refractivity contribution in [1.82, 2.24) is 4.90 Å². The van der Waals surface area contributed by atoms with Crippen LogP contribution in [0.5, 0.6) is 0 Å². The molecule has 1 aromatic rings. The summed E-state index contributed by atoms with van der Waals surface area (Å²) < 4.78 is 5.15. The summed E-state index contributed by atoms with van der Waals surface area (Å²) in [5, 5.41) is 10.2. The smallest absolute Gasteiger partial charge is 0.423 e. The second-order valence-corrected chi connectivity index (χ2v) is 6.53. The molecule has 6 heteroatoms. The van der Waals surface area contributed by atoms with E-state index in [0.29, 0.717) is 29.1 Å². The Morgan fingerprint density at radius 1 is 1.32 bits per heavy atom. The lowest BCUT2D eigenvalue weighted by molar-refractivity contribution is 0.0978. The lowest BCUT2D eigenvalue weighted by Gasteiger charge is -2.13. The molecule has 0 atom stereocenters. The minimum Gasteiger partial charge on any atom is -0.423 e. The molecule has 0 saturated carbocycles. The highest BCUT2D eigenvalue weighted by molar-refractivity contribution is 6.61. The van der Waals surface area contributed by atoms with Gasteiger partial charge in [-0.05, 0) is 68.5 Å². The predicted octanol–water partition coefficient (Wildman–Crippen LogP) is 2.01. The van der Waals surface area contributed by atoms with Crippen LogP contribution in [0.3, 0.4) is 0 Å². The maximum Gasteiger partial charge on any atom is 0.491 e. The molecule has 2 aliphatic heterocycles. The summed E-state index contributed by atoms with van der Waals surface area (Å²) >= 11 is 6.20. The third kappa shape index (κ3) is 3.54. The highest BCUT2D eigenvalue weighted by Gasteiger charge is 2.29. The molecule has 1 N–H and O–H groups in total. The third-order valence-corrected chi connectivity index (χ3v) is 4.83. The first-order valence-corrected chi connectivity index (χ1v) is 8.40. The molecule has 1 saturated heterocycles. The summed E-state index contributed by atoms with van der Waals surface area (Å²) in [4.78, 5) is 14.8. The zero-order valence-electron chi connectivity index (χ0n) is 12.7. The normalized spacial score (nSPS) is 18.0.